The highest BCUT2D eigenvalue weighted by Crippen LogP contribution is 2.26. The number of hydrogen-bond donors (Lipinski definition) is 0. The molecule has 0 aliphatic carbocycles. The van der Waals surface area contributed by atoms with Crippen LogP contribution in [0.15, 0.2) is 28.9 Å². The fourth-order valence-corrected chi connectivity index (χ4v) is 2.27. The Hall–Kier alpha value is -2.50. The quantitative estimate of drug-likeness (QED) is 0.800. The van der Waals surface area contributed by atoms with Crippen LogP contribution in [0.4, 0.5) is 0 Å². The number of hydrogen-bond acceptors (Lipinski definition) is 6. The number of esters is 2. The molecule has 0 amide bonds. The molecule has 1 fully saturated rings. The van der Waals surface area contributed by atoms with Gasteiger partial charge in [0.1, 0.15) is 11.3 Å². The van der Waals surface area contributed by atoms with Crippen molar-refractivity contribution in [2.24, 2.45) is 0 Å². The number of methoxy groups -OCH3 is 1. The molecule has 6 heteroatoms. The summed E-state index contributed by atoms with van der Waals surface area (Å²) in [6.07, 6.45) is 1.19. The van der Waals surface area contributed by atoms with Crippen LogP contribution >= 0.6 is 0 Å². The van der Waals surface area contributed by atoms with Gasteiger partial charge in [-0.15, -0.1) is 0 Å². The zero-order valence-electron chi connectivity index (χ0n) is 11.5. The molecule has 2 aromatic rings. The average molecular weight is 290 g/mol. The first-order valence-electron chi connectivity index (χ1n) is 6.57. The van der Waals surface area contributed by atoms with Gasteiger partial charge in [-0.3, -0.25) is 4.79 Å². The number of fused-ring (bicyclic) bond motifs is 1. The van der Waals surface area contributed by atoms with Gasteiger partial charge in [-0.05, 0) is 12.1 Å². The van der Waals surface area contributed by atoms with Crippen LogP contribution in [0.2, 0.25) is 0 Å². The van der Waals surface area contributed by atoms with Crippen molar-refractivity contribution in [2.45, 2.75) is 18.9 Å². The molecule has 0 bridgehead atoms. The lowest BCUT2D eigenvalue weighted by molar-refractivity contribution is -0.159. The molecular weight excluding hydrogens is 276 g/mol. The van der Waals surface area contributed by atoms with Gasteiger partial charge < -0.3 is 18.6 Å². The number of carbonyl (C=O) groups is 2. The summed E-state index contributed by atoms with van der Waals surface area (Å²) in [5, 5.41) is 0.821. The maximum absolute atomic E-state index is 11.9. The molecule has 1 aliphatic rings. The van der Waals surface area contributed by atoms with Crippen LogP contribution in [-0.2, 0) is 25.5 Å². The molecule has 0 saturated carbocycles. The van der Waals surface area contributed by atoms with E-state index in [0.29, 0.717) is 29.9 Å². The second-order valence-electron chi connectivity index (χ2n) is 4.73. The van der Waals surface area contributed by atoms with Crippen LogP contribution in [-0.4, -0.2) is 31.8 Å². The Balaban J connectivity index is 1.72. The van der Waals surface area contributed by atoms with Crippen molar-refractivity contribution >= 4 is 22.9 Å². The summed E-state index contributed by atoms with van der Waals surface area (Å²) in [4.78, 5) is 23.1. The highest BCUT2D eigenvalue weighted by molar-refractivity contribution is 5.87. The third-order valence-electron chi connectivity index (χ3n) is 3.36. The zero-order chi connectivity index (χ0) is 14.8. The van der Waals surface area contributed by atoms with Gasteiger partial charge in [0, 0.05) is 23.4 Å². The van der Waals surface area contributed by atoms with Gasteiger partial charge in [0.2, 0.25) is 6.10 Å². The van der Waals surface area contributed by atoms with E-state index in [1.165, 1.54) is 6.26 Å². The molecule has 1 saturated heterocycles. The lowest BCUT2D eigenvalue weighted by atomic mass is 10.1. The second kappa shape index (κ2) is 5.47. The van der Waals surface area contributed by atoms with Crippen LogP contribution in [0.3, 0.4) is 0 Å². The topological polar surface area (TPSA) is 75.0 Å². The molecule has 110 valence electrons. The highest BCUT2D eigenvalue weighted by atomic mass is 16.6. The van der Waals surface area contributed by atoms with Crippen LogP contribution in [0.5, 0.6) is 5.75 Å². The van der Waals surface area contributed by atoms with E-state index in [4.69, 9.17) is 18.6 Å². The molecular formula is C15H14O6. The van der Waals surface area contributed by atoms with E-state index in [0.717, 1.165) is 5.39 Å². The SMILES string of the molecule is COc1ccc2c(CC(=O)O[C@@H]3CCOC3=O)coc2c1. The highest BCUT2D eigenvalue weighted by Gasteiger charge is 2.30. The number of cyclic esters (lactones) is 1. The number of furan rings is 1. The first-order chi connectivity index (χ1) is 10.2. The van der Waals surface area contributed by atoms with E-state index in [1.54, 1.807) is 19.2 Å². The lowest BCUT2D eigenvalue weighted by Crippen LogP contribution is -2.23. The molecule has 1 aliphatic heterocycles. The van der Waals surface area contributed by atoms with Crippen molar-refractivity contribution in [1.29, 1.82) is 0 Å². The van der Waals surface area contributed by atoms with Gasteiger partial charge in [0.25, 0.3) is 0 Å². The zero-order valence-corrected chi connectivity index (χ0v) is 11.5. The predicted molar refractivity (Wildman–Crippen MR) is 71.9 cm³/mol. The molecule has 3 rings (SSSR count). The smallest absolute Gasteiger partial charge is 0.347 e. The molecule has 0 N–H and O–H groups in total. The summed E-state index contributed by atoms with van der Waals surface area (Å²) in [6.45, 7) is 0.297. The monoisotopic (exact) mass is 290 g/mol. The predicted octanol–water partition coefficient (Wildman–Crippen LogP) is 1.84. The maximum atomic E-state index is 11.9. The van der Waals surface area contributed by atoms with Crippen molar-refractivity contribution in [1.82, 2.24) is 0 Å². The molecule has 0 spiro atoms. The number of ether oxygens (including phenoxy) is 3. The largest absolute Gasteiger partial charge is 0.497 e. The number of carbonyl (C=O) groups excluding carboxylic acids is 2. The minimum Gasteiger partial charge on any atom is -0.497 e. The fourth-order valence-electron chi connectivity index (χ4n) is 2.27. The van der Waals surface area contributed by atoms with Gasteiger partial charge in [0.15, 0.2) is 0 Å². The Morgan fingerprint density at radius 2 is 2.29 bits per heavy atom. The third-order valence-corrected chi connectivity index (χ3v) is 3.36. The van der Waals surface area contributed by atoms with Gasteiger partial charge in [-0.1, -0.05) is 0 Å². The number of benzene rings is 1. The van der Waals surface area contributed by atoms with Gasteiger partial charge in [-0.25, -0.2) is 4.79 Å². The maximum Gasteiger partial charge on any atom is 0.347 e. The summed E-state index contributed by atoms with van der Waals surface area (Å²) in [5.74, 6) is -0.276. The van der Waals surface area contributed by atoms with E-state index in [1.807, 2.05) is 6.07 Å². The molecule has 0 radical (unpaired) electrons. The van der Waals surface area contributed by atoms with Crippen LogP contribution < -0.4 is 4.74 Å². The Labute approximate surface area is 120 Å². The minimum atomic E-state index is -0.782. The van der Waals surface area contributed by atoms with Crippen molar-refractivity contribution in [3.8, 4) is 5.75 Å². The Kier molecular flexibility index (Phi) is 3.51. The summed E-state index contributed by atoms with van der Waals surface area (Å²) in [7, 11) is 1.57. The standard InChI is InChI=1S/C15H14O6/c1-18-10-2-3-11-9(8-20-13(11)7-10)6-14(16)21-12-4-5-19-15(12)17/h2-3,7-8,12H,4-6H2,1H3/t12-/m1/s1. The second-order valence-corrected chi connectivity index (χ2v) is 4.73. The number of rotatable bonds is 4. The average Bonchev–Trinajstić information content (AvgIpc) is 3.06. The normalized spacial score (nSPS) is 17.8. The molecule has 21 heavy (non-hydrogen) atoms. The lowest BCUT2D eigenvalue weighted by Gasteiger charge is -2.07. The molecule has 2 heterocycles. The molecule has 1 aromatic heterocycles. The van der Waals surface area contributed by atoms with E-state index in [9.17, 15) is 9.59 Å². The molecule has 1 aromatic carbocycles. The molecule has 1 atom stereocenters. The van der Waals surface area contributed by atoms with Crippen molar-refractivity contribution < 1.29 is 28.2 Å². The van der Waals surface area contributed by atoms with E-state index in [2.05, 4.69) is 0 Å². The Morgan fingerprint density at radius 1 is 1.43 bits per heavy atom. The fraction of sp³-hybridized carbons (Fsp3) is 0.333. The Bertz CT molecular complexity index is 687. The van der Waals surface area contributed by atoms with Crippen molar-refractivity contribution in [3.05, 3.63) is 30.0 Å². The third kappa shape index (κ3) is 2.69. The van der Waals surface area contributed by atoms with Gasteiger partial charge in [0.05, 0.1) is 26.4 Å². The van der Waals surface area contributed by atoms with Crippen molar-refractivity contribution in [2.75, 3.05) is 13.7 Å². The first kappa shape index (κ1) is 13.5. The van der Waals surface area contributed by atoms with Gasteiger partial charge >= 0.3 is 11.9 Å². The van der Waals surface area contributed by atoms with Gasteiger partial charge in [-0.2, -0.15) is 0 Å². The summed E-state index contributed by atoms with van der Waals surface area (Å²) < 4.78 is 20.4. The van der Waals surface area contributed by atoms with Crippen LogP contribution in [0.25, 0.3) is 11.0 Å². The molecule has 0 unspecified atom stereocenters. The van der Waals surface area contributed by atoms with Crippen LogP contribution in [0, 0.1) is 0 Å². The van der Waals surface area contributed by atoms with Crippen LogP contribution in [0.1, 0.15) is 12.0 Å². The minimum absolute atomic E-state index is 0.0448. The first-order valence-corrected chi connectivity index (χ1v) is 6.57. The van der Waals surface area contributed by atoms with E-state index < -0.39 is 18.0 Å². The summed E-state index contributed by atoms with van der Waals surface area (Å²) in [5.41, 5.74) is 1.35. The Morgan fingerprint density at radius 3 is 3.00 bits per heavy atom. The van der Waals surface area contributed by atoms with E-state index >= 15 is 0 Å². The summed E-state index contributed by atoms with van der Waals surface area (Å²) >= 11 is 0. The summed E-state index contributed by atoms with van der Waals surface area (Å²) in [6, 6.07) is 5.36. The molecule has 6 nitrogen and oxygen atoms in total. The van der Waals surface area contributed by atoms with E-state index in [-0.39, 0.29) is 6.42 Å². The van der Waals surface area contributed by atoms with Crippen molar-refractivity contribution in [3.63, 3.8) is 0 Å².